The lowest BCUT2D eigenvalue weighted by Crippen LogP contribution is -2.20. The van der Waals surface area contributed by atoms with Crippen molar-refractivity contribution in [1.29, 1.82) is 0 Å². The fourth-order valence-electron chi connectivity index (χ4n) is 3.30. The van der Waals surface area contributed by atoms with Crippen molar-refractivity contribution in [3.05, 3.63) is 11.9 Å². The van der Waals surface area contributed by atoms with Crippen LogP contribution in [0.3, 0.4) is 0 Å². The number of hydrogen-bond acceptors (Lipinski definition) is 5. The van der Waals surface area contributed by atoms with E-state index in [2.05, 4.69) is 10.3 Å². The predicted octanol–water partition coefficient (Wildman–Crippen LogP) is 3.86. The first kappa shape index (κ1) is 15.5. The molecule has 22 heavy (non-hydrogen) atoms. The van der Waals surface area contributed by atoms with Crippen LogP contribution in [0.2, 0.25) is 0 Å². The van der Waals surface area contributed by atoms with Gasteiger partial charge in [-0.2, -0.15) is 4.98 Å². The molecule has 1 unspecified atom stereocenters. The highest BCUT2D eigenvalue weighted by Gasteiger charge is 2.22. The van der Waals surface area contributed by atoms with Gasteiger partial charge in [-0.05, 0) is 32.6 Å². The van der Waals surface area contributed by atoms with Crippen LogP contribution in [0, 0.1) is 0 Å². The quantitative estimate of drug-likeness (QED) is 0.837. The van der Waals surface area contributed by atoms with Gasteiger partial charge in [0.1, 0.15) is 11.9 Å². The highest BCUT2D eigenvalue weighted by molar-refractivity contribution is 5.40. The van der Waals surface area contributed by atoms with Gasteiger partial charge in [-0.3, -0.25) is 0 Å². The smallest absolute Gasteiger partial charge is 0.218 e. The van der Waals surface area contributed by atoms with E-state index in [1.54, 1.807) is 0 Å². The van der Waals surface area contributed by atoms with Crippen molar-refractivity contribution in [3.63, 3.8) is 0 Å². The van der Waals surface area contributed by atoms with Gasteiger partial charge in [-0.25, -0.2) is 4.98 Å². The molecule has 2 heterocycles. The Balaban J connectivity index is 1.75. The van der Waals surface area contributed by atoms with Gasteiger partial charge in [0.05, 0.1) is 6.61 Å². The minimum Gasteiger partial charge on any atom is -0.478 e. The summed E-state index contributed by atoms with van der Waals surface area (Å²) >= 11 is 0. The number of ether oxygens (including phenoxy) is 2. The molecule has 0 aromatic carbocycles. The Morgan fingerprint density at radius 3 is 2.64 bits per heavy atom. The molecular weight excluding hydrogens is 278 g/mol. The molecular formula is C17H27N3O2. The van der Waals surface area contributed by atoms with Crippen molar-refractivity contribution in [2.24, 2.45) is 0 Å². The molecule has 0 bridgehead atoms. The summed E-state index contributed by atoms with van der Waals surface area (Å²) in [7, 11) is 0. The van der Waals surface area contributed by atoms with Gasteiger partial charge in [0.25, 0.3) is 0 Å². The van der Waals surface area contributed by atoms with E-state index in [0.717, 1.165) is 31.1 Å². The van der Waals surface area contributed by atoms with Crippen LogP contribution in [0.25, 0.3) is 0 Å². The molecule has 5 heteroatoms. The van der Waals surface area contributed by atoms with E-state index < -0.39 is 0 Å². The average Bonchev–Trinajstić information content (AvgIpc) is 2.94. The Morgan fingerprint density at radius 1 is 1.14 bits per heavy atom. The first-order valence-corrected chi connectivity index (χ1v) is 8.75. The van der Waals surface area contributed by atoms with Crippen LogP contribution >= 0.6 is 0 Å². The minimum absolute atomic E-state index is 0.0232. The zero-order chi connectivity index (χ0) is 15.2. The first-order valence-electron chi connectivity index (χ1n) is 8.75. The van der Waals surface area contributed by atoms with E-state index in [0.29, 0.717) is 18.5 Å². The zero-order valence-corrected chi connectivity index (χ0v) is 13.5. The standard InChI is InChI=1S/C17H27N3O2/c1-2-21-16-12-15(18-13-8-5-3-4-6-9-13)19-17(20-16)14-10-7-11-22-14/h12-14H,2-11H2,1H3,(H,18,19,20). The SMILES string of the molecule is CCOc1cc(NC2CCCCCC2)nc(C2CCCO2)n1. The second kappa shape index (κ2) is 7.77. The number of nitrogens with one attached hydrogen (secondary N) is 1. The van der Waals surface area contributed by atoms with Gasteiger partial charge < -0.3 is 14.8 Å². The summed E-state index contributed by atoms with van der Waals surface area (Å²) in [6.07, 6.45) is 9.87. The van der Waals surface area contributed by atoms with E-state index in [4.69, 9.17) is 14.5 Å². The maximum Gasteiger partial charge on any atom is 0.218 e. The van der Waals surface area contributed by atoms with Gasteiger partial charge in [0, 0.05) is 18.7 Å². The molecule has 0 spiro atoms. The van der Waals surface area contributed by atoms with Crippen LogP contribution in [0.4, 0.5) is 5.82 Å². The van der Waals surface area contributed by atoms with Crippen molar-refractivity contribution in [2.45, 2.75) is 70.4 Å². The summed E-state index contributed by atoms with van der Waals surface area (Å²) in [4.78, 5) is 9.21. The Morgan fingerprint density at radius 2 is 1.95 bits per heavy atom. The molecule has 2 fully saturated rings. The normalized spacial score (nSPS) is 23.2. The maximum absolute atomic E-state index is 5.73. The molecule has 1 aromatic heterocycles. The molecule has 1 aromatic rings. The van der Waals surface area contributed by atoms with Gasteiger partial charge in [-0.15, -0.1) is 0 Å². The summed E-state index contributed by atoms with van der Waals surface area (Å²) < 4.78 is 11.3. The van der Waals surface area contributed by atoms with Crippen LogP contribution in [-0.2, 0) is 4.74 Å². The largest absolute Gasteiger partial charge is 0.478 e. The molecule has 0 radical (unpaired) electrons. The molecule has 1 aliphatic heterocycles. The Kier molecular flexibility index (Phi) is 5.48. The molecule has 3 rings (SSSR count). The van der Waals surface area contributed by atoms with E-state index >= 15 is 0 Å². The lowest BCUT2D eigenvalue weighted by atomic mass is 10.1. The Bertz CT molecular complexity index is 467. The van der Waals surface area contributed by atoms with Gasteiger partial charge in [0.15, 0.2) is 5.82 Å². The maximum atomic E-state index is 5.73. The summed E-state index contributed by atoms with van der Waals surface area (Å²) in [5.74, 6) is 2.30. The third-order valence-electron chi connectivity index (χ3n) is 4.44. The third kappa shape index (κ3) is 4.09. The number of nitrogens with zero attached hydrogens (tertiary/aromatic N) is 2. The van der Waals surface area contributed by atoms with Gasteiger partial charge in [0.2, 0.25) is 5.88 Å². The van der Waals surface area contributed by atoms with Crippen LogP contribution in [0.5, 0.6) is 5.88 Å². The van der Waals surface area contributed by atoms with Crippen LogP contribution in [-0.4, -0.2) is 29.2 Å². The minimum atomic E-state index is 0.0232. The fraction of sp³-hybridized carbons (Fsp3) is 0.765. The monoisotopic (exact) mass is 305 g/mol. The van der Waals surface area contributed by atoms with E-state index in [1.807, 2.05) is 13.0 Å². The second-order valence-corrected chi connectivity index (χ2v) is 6.22. The van der Waals surface area contributed by atoms with Crippen LogP contribution < -0.4 is 10.1 Å². The van der Waals surface area contributed by atoms with Crippen LogP contribution in [0.1, 0.15) is 70.2 Å². The molecule has 2 aliphatic rings. The lowest BCUT2D eigenvalue weighted by Gasteiger charge is -2.19. The topological polar surface area (TPSA) is 56.3 Å². The molecule has 1 saturated carbocycles. The van der Waals surface area contributed by atoms with Crippen molar-refractivity contribution >= 4 is 5.82 Å². The first-order chi connectivity index (χ1) is 10.8. The van der Waals surface area contributed by atoms with Crippen molar-refractivity contribution in [3.8, 4) is 5.88 Å². The number of rotatable bonds is 5. The summed E-state index contributed by atoms with van der Waals surface area (Å²) in [5.41, 5.74) is 0. The Hall–Kier alpha value is -1.36. The highest BCUT2D eigenvalue weighted by atomic mass is 16.5. The Labute approximate surface area is 132 Å². The molecule has 1 saturated heterocycles. The number of hydrogen-bond donors (Lipinski definition) is 1. The van der Waals surface area contributed by atoms with Gasteiger partial charge in [-0.1, -0.05) is 25.7 Å². The number of anilines is 1. The molecule has 1 N–H and O–H groups in total. The highest BCUT2D eigenvalue weighted by Crippen LogP contribution is 2.29. The molecule has 1 atom stereocenters. The molecule has 1 aliphatic carbocycles. The second-order valence-electron chi connectivity index (χ2n) is 6.22. The summed E-state index contributed by atoms with van der Waals surface area (Å²) in [5, 5.41) is 3.60. The average molecular weight is 305 g/mol. The molecule has 0 amide bonds. The van der Waals surface area contributed by atoms with E-state index in [9.17, 15) is 0 Å². The van der Waals surface area contributed by atoms with E-state index in [1.165, 1.54) is 38.5 Å². The van der Waals surface area contributed by atoms with Crippen molar-refractivity contribution in [1.82, 2.24) is 9.97 Å². The molecule has 5 nitrogen and oxygen atoms in total. The predicted molar refractivity (Wildman–Crippen MR) is 86.2 cm³/mol. The van der Waals surface area contributed by atoms with E-state index in [-0.39, 0.29) is 6.10 Å². The third-order valence-corrected chi connectivity index (χ3v) is 4.44. The van der Waals surface area contributed by atoms with Crippen molar-refractivity contribution < 1.29 is 9.47 Å². The molecule has 122 valence electrons. The summed E-state index contributed by atoms with van der Waals surface area (Å²) in [6, 6.07) is 2.44. The lowest BCUT2D eigenvalue weighted by molar-refractivity contribution is 0.104. The van der Waals surface area contributed by atoms with Crippen molar-refractivity contribution in [2.75, 3.05) is 18.5 Å². The summed E-state index contributed by atoms with van der Waals surface area (Å²) in [6.45, 7) is 3.40. The fourth-order valence-corrected chi connectivity index (χ4v) is 3.30. The zero-order valence-electron chi connectivity index (χ0n) is 13.5. The number of aromatic nitrogens is 2. The van der Waals surface area contributed by atoms with Gasteiger partial charge >= 0.3 is 0 Å². The van der Waals surface area contributed by atoms with Crippen LogP contribution in [0.15, 0.2) is 6.07 Å².